The third-order valence-electron chi connectivity index (χ3n) is 4.18. The summed E-state index contributed by atoms with van der Waals surface area (Å²) in [5.74, 6) is 0.697. The Kier molecular flexibility index (Phi) is 3.79. The first-order valence-corrected chi connectivity index (χ1v) is 8.56. The summed E-state index contributed by atoms with van der Waals surface area (Å²) < 4.78 is 0. The number of fused-ring (bicyclic) bond motifs is 2. The van der Waals surface area contributed by atoms with Gasteiger partial charge in [0.25, 0.3) is 0 Å². The second-order valence-electron chi connectivity index (χ2n) is 5.32. The Morgan fingerprint density at radius 3 is 2.65 bits per heavy atom. The van der Waals surface area contributed by atoms with Crippen molar-refractivity contribution in [2.24, 2.45) is 0 Å². The number of anilines is 1. The molecular weight excluding hydrogens is 264 g/mol. The van der Waals surface area contributed by atoms with E-state index in [1.807, 2.05) is 13.8 Å². The summed E-state index contributed by atoms with van der Waals surface area (Å²) in [6.45, 7) is 8.53. The van der Waals surface area contributed by atoms with Crippen molar-refractivity contribution in [1.82, 2.24) is 4.98 Å². The van der Waals surface area contributed by atoms with E-state index in [9.17, 15) is 0 Å². The summed E-state index contributed by atoms with van der Waals surface area (Å²) in [5.41, 5.74) is 6.68. The zero-order chi connectivity index (χ0) is 14.1. The quantitative estimate of drug-likeness (QED) is 0.745. The van der Waals surface area contributed by atoms with Crippen molar-refractivity contribution in [3.8, 4) is 11.1 Å². The van der Waals surface area contributed by atoms with Crippen LogP contribution in [0.5, 0.6) is 0 Å². The maximum absolute atomic E-state index is 4.83. The molecule has 0 aliphatic carbocycles. The minimum Gasteiger partial charge on any atom is -0.370 e. The molecule has 0 saturated carbocycles. The Bertz CT molecular complexity index is 581. The highest BCUT2D eigenvalue weighted by atomic mass is 32.1. The van der Waals surface area contributed by atoms with Gasteiger partial charge in [-0.05, 0) is 48.2 Å². The molecule has 20 heavy (non-hydrogen) atoms. The molecule has 5 rings (SSSR count). The van der Waals surface area contributed by atoms with E-state index in [2.05, 4.69) is 34.7 Å². The monoisotopic (exact) mass is 286 g/mol. The van der Waals surface area contributed by atoms with Crippen molar-refractivity contribution in [2.45, 2.75) is 39.5 Å². The highest BCUT2D eigenvalue weighted by Crippen LogP contribution is 2.46. The molecule has 2 bridgehead atoms. The molecule has 0 aromatic carbocycles. The van der Waals surface area contributed by atoms with Gasteiger partial charge in [0, 0.05) is 30.3 Å². The van der Waals surface area contributed by atoms with E-state index in [1.165, 1.54) is 48.4 Å². The fraction of sp³-hybridized carbons (Fsp3) is 0.471. The molecule has 0 unspecified atom stereocenters. The van der Waals surface area contributed by atoms with Gasteiger partial charge in [0.2, 0.25) is 0 Å². The van der Waals surface area contributed by atoms with Gasteiger partial charge < -0.3 is 4.90 Å². The molecule has 0 atom stereocenters. The number of nitrogens with zero attached hydrogens (tertiary/aromatic N) is 2. The van der Waals surface area contributed by atoms with Crippen molar-refractivity contribution >= 4 is 17.0 Å². The van der Waals surface area contributed by atoms with Crippen LogP contribution in [0.25, 0.3) is 11.1 Å². The first-order chi connectivity index (χ1) is 9.83. The largest absolute Gasteiger partial charge is 0.370 e. The number of piperidine rings is 1. The Balaban J connectivity index is 0.000000581. The van der Waals surface area contributed by atoms with Crippen molar-refractivity contribution in [3.63, 3.8) is 0 Å². The van der Waals surface area contributed by atoms with E-state index in [0.29, 0.717) is 5.92 Å². The third kappa shape index (κ3) is 2.14. The van der Waals surface area contributed by atoms with Crippen LogP contribution in [-0.2, 0) is 0 Å². The maximum Gasteiger partial charge on any atom is 0.0678 e. The predicted molar refractivity (Wildman–Crippen MR) is 87.8 cm³/mol. The van der Waals surface area contributed by atoms with Gasteiger partial charge >= 0.3 is 0 Å². The Morgan fingerprint density at radius 1 is 1.25 bits per heavy atom. The predicted octanol–water partition coefficient (Wildman–Crippen LogP) is 4.84. The summed E-state index contributed by atoms with van der Waals surface area (Å²) in [6.07, 6.45) is 2.57. The van der Waals surface area contributed by atoms with Gasteiger partial charge in [0.05, 0.1) is 11.4 Å². The van der Waals surface area contributed by atoms with Crippen LogP contribution in [0.3, 0.4) is 0 Å². The average Bonchev–Trinajstić information content (AvgIpc) is 3.03. The molecule has 1 fully saturated rings. The molecule has 106 valence electrons. The van der Waals surface area contributed by atoms with Gasteiger partial charge in [-0.3, -0.25) is 4.98 Å². The average molecular weight is 286 g/mol. The lowest BCUT2D eigenvalue weighted by Gasteiger charge is -2.42. The molecule has 5 heterocycles. The minimum atomic E-state index is 0.697. The number of thiophene rings is 1. The topological polar surface area (TPSA) is 16.1 Å². The van der Waals surface area contributed by atoms with E-state index in [-0.39, 0.29) is 0 Å². The maximum atomic E-state index is 4.83. The molecule has 2 aromatic heterocycles. The van der Waals surface area contributed by atoms with Gasteiger partial charge in [0.1, 0.15) is 0 Å². The van der Waals surface area contributed by atoms with Crippen LogP contribution in [0, 0.1) is 6.92 Å². The summed E-state index contributed by atoms with van der Waals surface area (Å²) in [7, 11) is 0. The van der Waals surface area contributed by atoms with Crippen LogP contribution in [0.1, 0.15) is 44.0 Å². The molecular formula is C17H22N2S. The molecule has 0 spiro atoms. The van der Waals surface area contributed by atoms with Crippen molar-refractivity contribution in [2.75, 3.05) is 18.0 Å². The third-order valence-corrected chi connectivity index (χ3v) is 4.86. The van der Waals surface area contributed by atoms with Crippen LogP contribution in [0.15, 0.2) is 22.9 Å². The summed E-state index contributed by atoms with van der Waals surface area (Å²) in [6, 6.07) is 4.48. The van der Waals surface area contributed by atoms with Crippen molar-refractivity contribution < 1.29 is 0 Å². The molecule has 0 N–H and O–H groups in total. The SMILES string of the molecule is CC.Cc1cc(-c2ccsc2)c2c(n1)C1CCN2CC1. The molecule has 0 radical (unpaired) electrons. The van der Waals surface area contributed by atoms with Gasteiger partial charge in [-0.15, -0.1) is 0 Å². The highest BCUT2D eigenvalue weighted by Gasteiger charge is 2.34. The van der Waals surface area contributed by atoms with E-state index in [0.717, 1.165) is 5.69 Å². The molecule has 2 nitrogen and oxygen atoms in total. The first-order valence-electron chi connectivity index (χ1n) is 7.62. The zero-order valence-electron chi connectivity index (χ0n) is 12.5. The first kappa shape index (κ1) is 13.6. The lowest BCUT2D eigenvalue weighted by atomic mass is 9.84. The highest BCUT2D eigenvalue weighted by molar-refractivity contribution is 7.08. The Morgan fingerprint density at radius 2 is 2.00 bits per heavy atom. The van der Waals surface area contributed by atoms with Crippen molar-refractivity contribution in [3.05, 3.63) is 34.3 Å². The Hall–Kier alpha value is -1.35. The fourth-order valence-electron chi connectivity index (χ4n) is 3.32. The Labute approximate surface area is 125 Å². The molecule has 3 aliphatic rings. The van der Waals surface area contributed by atoms with Gasteiger partial charge in [-0.2, -0.15) is 11.3 Å². The number of pyridine rings is 1. The minimum absolute atomic E-state index is 0.697. The number of rotatable bonds is 1. The number of aryl methyl sites for hydroxylation is 1. The lowest BCUT2D eigenvalue weighted by Crippen LogP contribution is -2.39. The second-order valence-corrected chi connectivity index (χ2v) is 6.10. The standard InChI is InChI=1S/C15H16N2S.C2H6/c1-10-8-13(12-4-7-18-9-12)15-14(16-10)11-2-5-17(15)6-3-11;1-2/h4,7-9,11H,2-3,5-6H2,1H3;1-2H3. The van der Waals surface area contributed by atoms with Gasteiger partial charge in [0.15, 0.2) is 0 Å². The van der Waals surface area contributed by atoms with Crippen LogP contribution in [0.4, 0.5) is 5.69 Å². The van der Waals surface area contributed by atoms with Crippen LogP contribution < -0.4 is 4.90 Å². The van der Waals surface area contributed by atoms with Gasteiger partial charge in [-0.1, -0.05) is 13.8 Å². The zero-order valence-corrected chi connectivity index (χ0v) is 13.3. The second kappa shape index (κ2) is 5.57. The van der Waals surface area contributed by atoms with Crippen molar-refractivity contribution in [1.29, 1.82) is 0 Å². The van der Waals surface area contributed by atoms with E-state index in [4.69, 9.17) is 4.98 Å². The molecule has 0 amide bonds. The number of hydrogen-bond acceptors (Lipinski definition) is 3. The van der Waals surface area contributed by atoms with Crippen LogP contribution in [-0.4, -0.2) is 18.1 Å². The molecule has 3 heteroatoms. The number of aromatic nitrogens is 1. The van der Waals surface area contributed by atoms with E-state index >= 15 is 0 Å². The fourth-order valence-corrected chi connectivity index (χ4v) is 3.98. The molecule has 3 aliphatic heterocycles. The van der Waals surface area contributed by atoms with Gasteiger partial charge in [-0.25, -0.2) is 0 Å². The summed E-state index contributed by atoms with van der Waals surface area (Å²) in [4.78, 5) is 7.37. The van der Waals surface area contributed by atoms with E-state index in [1.54, 1.807) is 11.3 Å². The normalized spacial score (nSPS) is 16.6. The molecule has 2 aromatic rings. The number of hydrogen-bond donors (Lipinski definition) is 0. The summed E-state index contributed by atoms with van der Waals surface area (Å²) >= 11 is 1.77. The molecule has 1 saturated heterocycles. The van der Waals surface area contributed by atoms with E-state index < -0.39 is 0 Å². The summed E-state index contributed by atoms with van der Waals surface area (Å²) in [5, 5.41) is 4.41. The smallest absolute Gasteiger partial charge is 0.0678 e. The van der Waals surface area contributed by atoms with Crippen LogP contribution in [0.2, 0.25) is 0 Å². The van der Waals surface area contributed by atoms with Crippen LogP contribution >= 0.6 is 11.3 Å². The lowest BCUT2D eigenvalue weighted by molar-refractivity contribution is 0.463.